The summed E-state index contributed by atoms with van der Waals surface area (Å²) in [5, 5.41) is 3.36. The summed E-state index contributed by atoms with van der Waals surface area (Å²) in [6.45, 7) is 3.68. The fourth-order valence-electron chi connectivity index (χ4n) is 3.29. The van der Waals surface area contributed by atoms with E-state index >= 15 is 0 Å². The smallest absolute Gasteiger partial charge is 0.265 e. The third kappa shape index (κ3) is 4.07. The molecule has 1 N–H and O–H groups in total. The van der Waals surface area contributed by atoms with Gasteiger partial charge in [0.25, 0.3) is 11.5 Å². The Morgan fingerprint density at radius 2 is 1.77 bits per heavy atom. The van der Waals surface area contributed by atoms with Gasteiger partial charge in [0.05, 0.1) is 16.6 Å². The highest BCUT2D eigenvalue weighted by atomic mass is 16.5. The lowest BCUT2D eigenvalue weighted by molar-refractivity contribution is -0.118. The summed E-state index contributed by atoms with van der Waals surface area (Å²) in [6, 6.07) is 21.9. The van der Waals surface area contributed by atoms with Gasteiger partial charge in [0.15, 0.2) is 6.61 Å². The minimum atomic E-state index is -0.259. The van der Waals surface area contributed by atoms with E-state index in [0.29, 0.717) is 33.9 Å². The Hall–Kier alpha value is -3.93. The van der Waals surface area contributed by atoms with Crippen LogP contribution in [0.3, 0.4) is 0 Å². The van der Waals surface area contributed by atoms with Crippen molar-refractivity contribution < 1.29 is 9.53 Å². The molecule has 6 heteroatoms. The SMILES string of the molecule is Cc1cccc(OCC(=O)Nc2ccc(-n3c(C)nc4ccccc4c3=O)cc2)c1. The summed E-state index contributed by atoms with van der Waals surface area (Å²) in [6.07, 6.45) is 0. The number of fused-ring (bicyclic) bond motifs is 1. The van der Waals surface area contributed by atoms with E-state index in [9.17, 15) is 9.59 Å². The molecule has 1 heterocycles. The van der Waals surface area contributed by atoms with Crippen molar-refractivity contribution in [3.05, 3.63) is 94.5 Å². The lowest BCUT2D eigenvalue weighted by Gasteiger charge is -2.12. The van der Waals surface area contributed by atoms with Gasteiger partial charge in [-0.25, -0.2) is 4.98 Å². The molecule has 150 valence electrons. The van der Waals surface area contributed by atoms with Crippen molar-refractivity contribution in [2.75, 3.05) is 11.9 Å². The molecule has 30 heavy (non-hydrogen) atoms. The van der Waals surface area contributed by atoms with Gasteiger partial charge in [-0.1, -0.05) is 24.3 Å². The Balaban J connectivity index is 1.49. The first kappa shape index (κ1) is 19.4. The molecule has 0 aliphatic heterocycles. The Morgan fingerprint density at radius 3 is 2.53 bits per heavy atom. The number of hydrogen-bond donors (Lipinski definition) is 1. The van der Waals surface area contributed by atoms with E-state index in [1.807, 2.05) is 49.4 Å². The van der Waals surface area contributed by atoms with Gasteiger partial charge < -0.3 is 10.1 Å². The van der Waals surface area contributed by atoms with Crippen molar-refractivity contribution in [2.24, 2.45) is 0 Å². The van der Waals surface area contributed by atoms with Crippen molar-refractivity contribution in [3.8, 4) is 11.4 Å². The molecule has 0 atom stereocenters. The van der Waals surface area contributed by atoms with E-state index in [1.54, 1.807) is 41.8 Å². The third-order valence-corrected chi connectivity index (χ3v) is 4.71. The zero-order chi connectivity index (χ0) is 21.1. The lowest BCUT2D eigenvalue weighted by atomic mass is 10.2. The molecule has 0 aliphatic rings. The molecule has 0 aliphatic carbocycles. The minimum absolute atomic E-state index is 0.0850. The molecule has 0 saturated heterocycles. The highest BCUT2D eigenvalue weighted by molar-refractivity contribution is 5.92. The normalized spacial score (nSPS) is 10.7. The van der Waals surface area contributed by atoms with Crippen LogP contribution in [0.4, 0.5) is 5.69 Å². The van der Waals surface area contributed by atoms with Crippen LogP contribution in [0.25, 0.3) is 16.6 Å². The van der Waals surface area contributed by atoms with Gasteiger partial charge in [-0.05, 0) is 67.9 Å². The molecule has 4 aromatic rings. The molecule has 4 rings (SSSR count). The second-order valence-corrected chi connectivity index (χ2v) is 7.02. The van der Waals surface area contributed by atoms with E-state index < -0.39 is 0 Å². The fraction of sp³-hybridized carbons (Fsp3) is 0.125. The monoisotopic (exact) mass is 399 g/mol. The number of nitrogens with zero attached hydrogens (tertiary/aromatic N) is 2. The van der Waals surface area contributed by atoms with Crippen LogP contribution in [-0.2, 0) is 4.79 Å². The van der Waals surface area contributed by atoms with Gasteiger partial charge in [0, 0.05) is 5.69 Å². The van der Waals surface area contributed by atoms with Crippen molar-refractivity contribution in [3.63, 3.8) is 0 Å². The Morgan fingerprint density at radius 1 is 1.00 bits per heavy atom. The third-order valence-electron chi connectivity index (χ3n) is 4.71. The molecule has 0 unspecified atom stereocenters. The maximum atomic E-state index is 12.9. The van der Waals surface area contributed by atoms with Crippen molar-refractivity contribution in [1.82, 2.24) is 9.55 Å². The summed E-state index contributed by atoms with van der Waals surface area (Å²) in [5.41, 5.74) is 2.92. The number of hydrogen-bond acceptors (Lipinski definition) is 4. The molecular formula is C24H21N3O3. The summed E-state index contributed by atoms with van der Waals surface area (Å²) in [4.78, 5) is 29.6. The van der Waals surface area contributed by atoms with Gasteiger partial charge in [0.1, 0.15) is 11.6 Å². The first-order valence-corrected chi connectivity index (χ1v) is 9.59. The molecule has 0 spiro atoms. The van der Waals surface area contributed by atoms with E-state index in [0.717, 1.165) is 5.56 Å². The number of rotatable bonds is 5. The molecule has 0 saturated carbocycles. The molecule has 0 fully saturated rings. The van der Waals surface area contributed by atoms with Crippen LogP contribution in [0.15, 0.2) is 77.6 Å². The van der Waals surface area contributed by atoms with Crippen LogP contribution in [0.5, 0.6) is 5.75 Å². The van der Waals surface area contributed by atoms with Crippen molar-refractivity contribution in [2.45, 2.75) is 13.8 Å². The highest BCUT2D eigenvalue weighted by Crippen LogP contribution is 2.16. The number of amides is 1. The maximum absolute atomic E-state index is 12.9. The molecule has 1 amide bonds. The molecule has 0 radical (unpaired) electrons. The number of aryl methyl sites for hydroxylation is 2. The molecular weight excluding hydrogens is 378 g/mol. The highest BCUT2D eigenvalue weighted by Gasteiger charge is 2.10. The Bertz CT molecular complexity index is 1280. The van der Waals surface area contributed by atoms with Crippen molar-refractivity contribution >= 4 is 22.5 Å². The van der Waals surface area contributed by atoms with Gasteiger partial charge in [-0.15, -0.1) is 0 Å². The van der Waals surface area contributed by atoms with Gasteiger partial charge in [0.2, 0.25) is 0 Å². The van der Waals surface area contributed by atoms with E-state index in [2.05, 4.69) is 10.3 Å². The average molecular weight is 399 g/mol. The Labute approximate surface area is 173 Å². The number of ether oxygens (including phenoxy) is 1. The summed E-state index contributed by atoms with van der Waals surface area (Å²) < 4.78 is 7.08. The minimum Gasteiger partial charge on any atom is -0.484 e. The number of para-hydroxylation sites is 1. The second kappa shape index (κ2) is 8.21. The first-order chi connectivity index (χ1) is 14.5. The second-order valence-electron chi connectivity index (χ2n) is 7.02. The van der Waals surface area contributed by atoms with Crippen LogP contribution in [0.2, 0.25) is 0 Å². The molecule has 0 bridgehead atoms. The summed E-state index contributed by atoms with van der Waals surface area (Å²) in [5.74, 6) is 0.992. The number of carbonyl (C=O) groups is 1. The predicted molar refractivity (Wildman–Crippen MR) is 117 cm³/mol. The van der Waals surface area contributed by atoms with E-state index in [-0.39, 0.29) is 18.1 Å². The summed E-state index contributed by atoms with van der Waals surface area (Å²) in [7, 11) is 0. The van der Waals surface area contributed by atoms with Crippen LogP contribution in [0.1, 0.15) is 11.4 Å². The summed E-state index contributed by atoms with van der Waals surface area (Å²) >= 11 is 0. The van der Waals surface area contributed by atoms with E-state index in [1.165, 1.54) is 0 Å². The zero-order valence-corrected chi connectivity index (χ0v) is 16.8. The number of aromatic nitrogens is 2. The topological polar surface area (TPSA) is 73.2 Å². The van der Waals surface area contributed by atoms with Crippen LogP contribution in [-0.4, -0.2) is 22.1 Å². The zero-order valence-electron chi connectivity index (χ0n) is 16.8. The van der Waals surface area contributed by atoms with Gasteiger partial charge in [-0.2, -0.15) is 0 Å². The molecule has 1 aromatic heterocycles. The van der Waals surface area contributed by atoms with Crippen LogP contribution in [0, 0.1) is 13.8 Å². The number of nitrogens with one attached hydrogen (secondary N) is 1. The van der Waals surface area contributed by atoms with Crippen LogP contribution >= 0.6 is 0 Å². The Kier molecular flexibility index (Phi) is 5.30. The van der Waals surface area contributed by atoms with Crippen LogP contribution < -0.4 is 15.6 Å². The van der Waals surface area contributed by atoms with Crippen molar-refractivity contribution in [1.29, 1.82) is 0 Å². The molecule has 6 nitrogen and oxygen atoms in total. The van der Waals surface area contributed by atoms with E-state index in [4.69, 9.17) is 4.74 Å². The number of anilines is 1. The number of benzene rings is 3. The largest absolute Gasteiger partial charge is 0.484 e. The maximum Gasteiger partial charge on any atom is 0.265 e. The van der Waals surface area contributed by atoms with Gasteiger partial charge >= 0.3 is 0 Å². The number of carbonyl (C=O) groups excluding carboxylic acids is 1. The first-order valence-electron chi connectivity index (χ1n) is 9.59. The average Bonchev–Trinajstić information content (AvgIpc) is 2.74. The van der Waals surface area contributed by atoms with Gasteiger partial charge in [-0.3, -0.25) is 14.2 Å². The molecule has 3 aromatic carbocycles. The standard InChI is InChI=1S/C24H21N3O3/c1-16-6-5-7-20(14-16)30-15-23(28)26-18-10-12-19(13-11-18)27-17(2)25-22-9-4-3-8-21(22)24(27)29/h3-14H,15H2,1-2H3,(H,26,28). The predicted octanol–water partition coefficient (Wildman–Crippen LogP) is 4.02. The quantitative estimate of drug-likeness (QED) is 0.550. The lowest BCUT2D eigenvalue weighted by Crippen LogP contribution is -2.22. The fourth-order valence-corrected chi connectivity index (χ4v) is 3.29.